The predicted octanol–water partition coefficient (Wildman–Crippen LogP) is 4.81. The maximum absolute atomic E-state index is 11.0. The molecule has 0 N–H and O–H groups in total. The van der Waals surface area contributed by atoms with Gasteiger partial charge in [-0.15, -0.1) is 11.3 Å². The number of nitrogens with zero attached hydrogens (tertiary/aromatic N) is 3. The molecule has 0 unspecified atom stereocenters. The zero-order valence-electron chi connectivity index (χ0n) is 16.4. The van der Waals surface area contributed by atoms with Gasteiger partial charge >= 0.3 is 0 Å². The fourth-order valence-corrected chi connectivity index (χ4v) is 3.60. The molecule has 9 heteroatoms. The maximum Gasteiger partial charge on any atom is 0.270 e. The highest BCUT2D eigenvalue weighted by atomic mass is 32.1. The van der Waals surface area contributed by atoms with Gasteiger partial charge in [0.05, 0.1) is 37.5 Å². The van der Waals surface area contributed by atoms with E-state index in [1.807, 2.05) is 0 Å². The molecule has 1 aromatic heterocycles. The number of methoxy groups -OCH3 is 3. The molecular weight excluding hydrogens is 406 g/mol. The molecule has 152 valence electrons. The number of hydrogen-bond acceptors (Lipinski definition) is 8. The van der Waals surface area contributed by atoms with Crippen molar-refractivity contribution in [3.63, 3.8) is 0 Å². The molecule has 3 aromatic rings. The molecule has 0 saturated carbocycles. The summed E-state index contributed by atoms with van der Waals surface area (Å²) < 4.78 is 16.0. The van der Waals surface area contributed by atoms with E-state index < -0.39 is 4.92 Å². The lowest BCUT2D eigenvalue weighted by Crippen LogP contribution is -1.95. The van der Waals surface area contributed by atoms with Gasteiger partial charge in [-0.2, -0.15) is 5.26 Å². The highest BCUT2D eigenvalue weighted by molar-refractivity contribution is 7.11. The topological polar surface area (TPSA) is 108 Å². The van der Waals surface area contributed by atoms with Crippen molar-refractivity contribution in [3.8, 4) is 34.6 Å². The van der Waals surface area contributed by atoms with Gasteiger partial charge in [-0.1, -0.05) is 12.1 Å². The van der Waals surface area contributed by atoms with Crippen LogP contribution in [0.4, 0.5) is 5.69 Å². The van der Waals surface area contributed by atoms with Crippen molar-refractivity contribution in [3.05, 3.63) is 62.5 Å². The highest BCUT2D eigenvalue weighted by Crippen LogP contribution is 2.39. The number of nitro benzene ring substituents is 1. The second kappa shape index (κ2) is 9.07. The number of hydrogen-bond donors (Lipinski definition) is 0. The summed E-state index contributed by atoms with van der Waals surface area (Å²) >= 11 is 1.28. The number of non-ortho nitro benzene ring substituents is 1. The van der Waals surface area contributed by atoms with Crippen molar-refractivity contribution in [2.24, 2.45) is 0 Å². The first kappa shape index (κ1) is 20.8. The Kier molecular flexibility index (Phi) is 6.29. The van der Waals surface area contributed by atoms with E-state index in [2.05, 4.69) is 11.1 Å². The van der Waals surface area contributed by atoms with E-state index in [-0.39, 0.29) is 5.69 Å². The van der Waals surface area contributed by atoms with Crippen molar-refractivity contribution in [2.75, 3.05) is 21.3 Å². The zero-order chi connectivity index (χ0) is 21.7. The fourth-order valence-electron chi connectivity index (χ4n) is 2.80. The Morgan fingerprint density at radius 2 is 1.87 bits per heavy atom. The quantitative estimate of drug-likeness (QED) is 0.305. The first-order chi connectivity index (χ1) is 14.5. The molecule has 1 heterocycles. The standard InChI is InChI=1S/C21H17N3O5S/c1-27-18-8-13(9-19(28-2)20(18)29-3)7-15(11-22)21-23-17(12-30-21)14-5-4-6-16(10-14)24(25)26/h4-10,12H,1-3H3. The van der Waals surface area contributed by atoms with E-state index in [0.717, 1.165) is 0 Å². The number of allylic oxidation sites excluding steroid dienone is 1. The Hall–Kier alpha value is -3.90. The Morgan fingerprint density at radius 1 is 1.17 bits per heavy atom. The second-order valence-corrected chi connectivity index (χ2v) is 6.83. The van der Waals surface area contributed by atoms with Crippen LogP contribution in [0.25, 0.3) is 22.9 Å². The lowest BCUT2D eigenvalue weighted by Gasteiger charge is -2.13. The van der Waals surface area contributed by atoms with Crippen LogP contribution in [-0.4, -0.2) is 31.2 Å². The van der Waals surface area contributed by atoms with Crippen LogP contribution in [0.3, 0.4) is 0 Å². The van der Waals surface area contributed by atoms with Crippen LogP contribution in [0.1, 0.15) is 10.6 Å². The van der Waals surface area contributed by atoms with Gasteiger partial charge in [0.15, 0.2) is 11.5 Å². The largest absolute Gasteiger partial charge is 0.493 e. The van der Waals surface area contributed by atoms with E-state index in [1.165, 1.54) is 44.8 Å². The summed E-state index contributed by atoms with van der Waals surface area (Å²) in [5.74, 6) is 1.39. The van der Waals surface area contributed by atoms with Gasteiger partial charge in [-0.3, -0.25) is 10.1 Å². The number of thiazole rings is 1. The first-order valence-electron chi connectivity index (χ1n) is 8.63. The van der Waals surface area contributed by atoms with Crippen LogP contribution in [-0.2, 0) is 0 Å². The molecule has 0 atom stereocenters. The molecule has 0 fully saturated rings. The van der Waals surface area contributed by atoms with Gasteiger partial charge < -0.3 is 14.2 Å². The Balaban J connectivity index is 2.00. The van der Waals surface area contributed by atoms with Crippen LogP contribution >= 0.6 is 11.3 Å². The van der Waals surface area contributed by atoms with E-state index >= 15 is 0 Å². The summed E-state index contributed by atoms with van der Waals surface area (Å²) in [7, 11) is 4.55. The number of rotatable bonds is 7. The number of ether oxygens (including phenoxy) is 3. The van der Waals surface area contributed by atoms with Gasteiger partial charge in [-0.05, 0) is 23.8 Å². The molecule has 0 aliphatic heterocycles. The fraction of sp³-hybridized carbons (Fsp3) is 0.143. The Bertz CT molecular complexity index is 1140. The molecular formula is C21H17N3O5S. The Labute approximate surface area is 176 Å². The third-order valence-electron chi connectivity index (χ3n) is 4.21. The maximum atomic E-state index is 11.0. The highest BCUT2D eigenvalue weighted by Gasteiger charge is 2.15. The predicted molar refractivity (Wildman–Crippen MR) is 114 cm³/mol. The van der Waals surface area contributed by atoms with E-state index in [1.54, 1.807) is 35.7 Å². The number of nitriles is 1. The molecule has 0 radical (unpaired) electrons. The van der Waals surface area contributed by atoms with Crippen LogP contribution < -0.4 is 14.2 Å². The third kappa shape index (κ3) is 4.24. The van der Waals surface area contributed by atoms with Gasteiger partial charge in [0, 0.05) is 23.1 Å². The molecule has 2 aromatic carbocycles. The van der Waals surface area contributed by atoms with Crippen LogP contribution in [0.2, 0.25) is 0 Å². The van der Waals surface area contributed by atoms with Gasteiger partial charge in [0.1, 0.15) is 11.1 Å². The van der Waals surface area contributed by atoms with Crippen molar-refractivity contribution >= 4 is 28.7 Å². The second-order valence-electron chi connectivity index (χ2n) is 5.97. The minimum Gasteiger partial charge on any atom is -0.493 e. The van der Waals surface area contributed by atoms with E-state index in [0.29, 0.717) is 44.7 Å². The number of benzene rings is 2. The molecule has 0 spiro atoms. The van der Waals surface area contributed by atoms with E-state index in [9.17, 15) is 15.4 Å². The third-order valence-corrected chi connectivity index (χ3v) is 5.08. The summed E-state index contributed by atoms with van der Waals surface area (Å²) in [4.78, 5) is 15.0. The van der Waals surface area contributed by atoms with Crippen LogP contribution in [0.15, 0.2) is 41.8 Å². The minimum absolute atomic E-state index is 0.0180. The summed E-state index contributed by atoms with van der Waals surface area (Å²) in [6.45, 7) is 0. The van der Waals surface area contributed by atoms with E-state index in [4.69, 9.17) is 14.2 Å². The zero-order valence-corrected chi connectivity index (χ0v) is 17.2. The SMILES string of the molecule is COc1cc(C=C(C#N)c2nc(-c3cccc([N+](=O)[O-])c3)cs2)cc(OC)c1OC. The van der Waals surface area contributed by atoms with Gasteiger partial charge in [0.25, 0.3) is 5.69 Å². The average molecular weight is 423 g/mol. The summed E-state index contributed by atoms with van der Waals surface area (Å²) in [6.07, 6.45) is 1.67. The van der Waals surface area contributed by atoms with Crippen molar-refractivity contribution in [1.29, 1.82) is 5.26 Å². The molecule has 8 nitrogen and oxygen atoms in total. The number of nitro groups is 1. The monoisotopic (exact) mass is 423 g/mol. The van der Waals surface area contributed by atoms with Crippen LogP contribution in [0.5, 0.6) is 17.2 Å². The Morgan fingerprint density at radius 3 is 2.43 bits per heavy atom. The number of aromatic nitrogens is 1. The normalized spacial score (nSPS) is 10.9. The lowest BCUT2D eigenvalue weighted by molar-refractivity contribution is -0.384. The molecule has 3 rings (SSSR count). The molecule has 0 aliphatic rings. The molecule has 0 aliphatic carbocycles. The molecule has 0 saturated heterocycles. The lowest BCUT2D eigenvalue weighted by atomic mass is 10.1. The van der Waals surface area contributed by atoms with Gasteiger partial charge in [-0.25, -0.2) is 4.98 Å². The summed E-state index contributed by atoms with van der Waals surface area (Å²) in [6, 6.07) is 11.8. The average Bonchev–Trinajstić information content (AvgIpc) is 3.26. The van der Waals surface area contributed by atoms with Crippen molar-refractivity contribution < 1.29 is 19.1 Å². The summed E-state index contributed by atoms with van der Waals surface area (Å²) in [5.41, 5.74) is 2.16. The van der Waals surface area contributed by atoms with Crippen molar-refractivity contribution in [1.82, 2.24) is 4.98 Å². The van der Waals surface area contributed by atoms with Gasteiger partial charge in [0.2, 0.25) is 5.75 Å². The van der Waals surface area contributed by atoms with Crippen LogP contribution in [0, 0.1) is 21.4 Å². The smallest absolute Gasteiger partial charge is 0.270 e. The first-order valence-corrected chi connectivity index (χ1v) is 9.51. The minimum atomic E-state index is -0.457. The summed E-state index contributed by atoms with van der Waals surface area (Å²) in [5, 5.41) is 22.9. The molecule has 30 heavy (non-hydrogen) atoms. The van der Waals surface area contributed by atoms with Crippen molar-refractivity contribution in [2.45, 2.75) is 0 Å². The molecule has 0 amide bonds. The molecule has 0 bridgehead atoms.